The van der Waals surface area contributed by atoms with Crippen LogP contribution in [0.25, 0.3) is 0 Å². The minimum absolute atomic E-state index is 0.0838. The maximum absolute atomic E-state index is 12.8. The maximum atomic E-state index is 12.8. The lowest BCUT2D eigenvalue weighted by atomic mass is 10.0. The zero-order valence-corrected chi connectivity index (χ0v) is 13.9. The summed E-state index contributed by atoms with van der Waals surface area (Å²) in [7, 11) is 0. The second-order valence-electron chi connectivity index (χ2n) is 6.42. The van der Waals surface area contributed by atoms with Crippen LogP contribution < -0.4 is 15.0 Å². The van der Waals surface area contributed by atoms with Crippen LogP contribution in [0.4, 0.5) is 5.69 Å². The molecule has 2 atom stereocenters. The molecule has 0 radical (unpaired) electrons. The zero-order chi connectivity index (χ0) is 17.2. The number of rotatable bonds is 3. The number of carbonyl (C=O) groups excluding carboxylic acids is 2. The lowest BCUT2D eigenvalue weighted by Crippen LogP contribution is -2.52. The van der Waals surface area contributed by atoms with Gasteiger partial charge in [-0.15, -0.1) is 0 Å². The number of ketones is 1. The molecular formula is C20H20N2O3. The fourth-order valence-corrected chi connectivity index (χ4v) is 3.58. The highest BCUT2D eigenvalue weighted by atomic mass is 16.5. The molecule has 2 aromatic rings. The number of para-hydroxylation sites is 2. The average Bonchev–Trinajstić information content (AvgIpc) is 3.15. The smallest absolute Gasteiger partial charge is 0.243 e. The van der Waals surface area contributed by atoms with Crippen molar-refractivity contribution >= 4 is 17.4 Å². The normalized spacial score (nSPS) is 22.2. The molecule has 5 nitrogen and oxygen atoms in total. The highest BCUT2D eigenvalue weighted by Gasteiger charge is 2.35. The summed E-state index contributed by atoms with van der Waals surface area (Å²) in [6.07, 6.45) is 1.75. The quantitative estimate of drug-likeness (QED) is 0.935. The SMILES string of the molecule is O=C1c2ccccc2OCC1NC(=O)C1CCCN1c1ccccc1. The van der Waals surface area contributed by atoms with Crippen LogP contribution in [0.3, 0.4) is 0 Å². The molecule has 2 heterocycles. The van der Waals surface area contributed by atoms with E-state index in [1.54, 1.807) is 18.2 Å². The van der Waals surface area contributed by atoms with Gasteiger partial charge in [0.1, 0.15) is 24.4 Å². The monoisotopic (exact) mass is 336 g/mol. The number of anilines is 1. The molecule has 2 aliphatic heterocycles. The molecule has 1 saturated heterocycles. The molecule has 1 N–H and O–H groups in total. The summed E-state index contributed by atoms with van der Waals surface area (Å²) < 4.78 is 5.63. The third-order valence-electron chi connectivity index (χ3n) is 4.83. The van der Waals surface area contributed by atoms with E-state index in [-0.39, 0.29) is 24.3 Å². The van der Waals surface area contributed by atoms with Crippen molar-refractivity contribution < 1.29 is 14.3 Å². The van der Waals surface area contributed by atoms with E-state index in [4.69, 9.17) is 4.74 Å². The summed E-state index contributed by atoms with van der Waals surface area (Å²) in [4.78, 5) is 27.5. The predicted octanol–water partition coefficient (Wildman–Crippen LogP) is 2.42. The van der Waals surface area contributed by atoms with Crippen LogP contribution in [0.15, 0.2) is 54.6 Å². The van der Waals surface area contributed by atoms with E-state index in [1.165, 1.54) is 0 Å². The van der Waals surface area contributed by atoms with Crippen LogP contribution in [-0.2, 0) is 4.79 Å². The van der Waals surface area contributed by atoms with E-state index >= 15 is 0 Å². The summed E-state index contributed by atoms with van der Waals surface area (Å²) in [6.45, 7) is 1.03. The molecular weight excluding hydrogens is 316 g/mol. The third kappa shape index (κ3) is 2.97. The first kappa shape index (κ1) is 15.7. The minimum Gasteiger partial charge on any atom is -0.490 e. The van der Waals surface area contributed by atoms with Gasteiger partial charge in [-0.05, 0) is 37.1 Å². The number of nitrogens with one attached hydrogen (secondary N) is 1. The van der Waals surface area contributed by atoms with Gasteiger partial charge in [-0.25, -0.2) is 0 Å². The van der Waals surface area contributed by atoms with E-state index in [1.807, 2.05) is 36.4 Å². The molecule has 0 aromatic heterocycles. The Kier molecular flexibility index (Phi) is 4.14. The van der Waals surface area contributed by atoms with Gasteiger partial charge in [-0.2, -0.15) is 0 Å². The molecule has 2 unspecified atom stereocenters. The second kappa shape index (κ2) is 6.59. The number of carbonyl (C=O) groups is 2. The number of Topliss-reactive ketones (excluding diaryl/α,β-unsaturated/α-hetero) is 1. The Morgan fingerprint density at radius 1 is 1.08 bits per heavy atom. The molecule has 2 aromatic carbocycles. The Hall–Kier alpha value is -2.82. The van der Waals surface area contributed by atoms with Gasteiger partial charge in [0, 0.05) is 12.2 Å². The van der Waals surface area contributed by atoms with Gasteiger partial charge in [0.2, 0.25) is 5.91 Å². The Morgan fingerprint density at radius 2 is 1.84 bits per heavy atom. The number of ether oxygens (including phenoxy) is 1. The van der Waals surface area contributed by atoms with Crippen molar-refractivity contribution in [3.8, 4) is 5.75 Å². The number of hydrogen-bond donors (Lipinski definition) is 1. The molecule has 5 heteroatoms. The molecule has 2 aliphatic rings. The third-order valence-corrected chi connectivity index (χ3v) is 4.83. The Bertz CT molecular complexity index is 791. The summed E-state index contributed by atoms with van der Waals surface area (Å²) in [5.41, 5.74) is 1.57. The first-order valence-electron chi connectivity index (χ1n) is 8.62. The standard InChI is InChI=1S/C20H20N2O3/c23-19-15-9-4-5-11-18(15)25-13-16(19)21-20(24)17-10-6-12-22(17)14-7-2-1-3-8-14/h1-5,7-9,11,16-17H,6,10,12-13H2,(H,21,24). The molecule has 0 spiro atoms. The van der Waals surface area contributed by atoms with Crippen LogP contribution in [-0.4, -0.2) is 36.9 Å². The molecule has 0 bridgehead atoms. The van der Waals surface area contributed by atoms with E-state index in [9.17, 15) is 9.59 Å². The Labute approximate surface area is 146 Å². The number of nitrogens with zero attached hydrogens (tertiary/aromatic N) is 1. The Morgan fingerprint density at radius 3 is 2.68 bits per heavy atom. The van der Waals surface area contributed by atoms with Crippen molar-refractivity contribution in [1.82, 2.24) is 5.32 Å². The van der Waals surface area contributed by atoms with Crippen LogP contribution >= 0.6 is 0 Å². The van der Waals surface area contributed by atoms with Gasteiger partial charge < -0.3 is 15.0 Å². The summed E-state index contributed by atoms with van der Waals surface area (Å²) in [5, 5.41) is 2.90. The predicted molar refractivity (Wildman–Crippen MR) is 95.0 cm³/mol. The first-order chi connectivity index (χ1) is 12.2. The van der Waals surface area contributed by atoms with Crippen molar-refractivity contribution in [3.05, 3.63) is 60.2 Å². The van der Waals surface area contributed by atoms with Crippen LogP contribution in [0, 0.1) is 0 Å². The average molecular weight is 336 g/mol. The number of hydrogen-bond acceptors (Lipinski definition) is 4. The largest absolute Gasteiger partial charge is 0.490 e. The van der Waals surface area contributed by atoms with Crippen LogP contribution in [0.1, 0.15) is 23.2 Å². The minimum atomic E-state index is -0.624. The van der Waals surface area contributed by atoms with Crippen molar-refractivity contribution in [2.45, 2.75) is 24.9 Å². The van der Waals surface area contributed by atoms with Crippen molar-refractivity contribution in [2.24, 2.45) is 0 Å². The second-order valence-corrected chi connectivity index (χ2v) is 6.42. The van der Waals surface area contributed by atoms with Crippen LogP contribution in [0.5, 0.6) is 5.75 Å². The molecule has 25 heavy (non-hydrogen) atoms. The fraction of sp³-hybridized carbons (Fsp3) is 0.300. The number of fused-ring (bicyclic) bond motifs is 1. The van der Waals surface area contributed by atoms with E-state index in [0.29, 0.717) is 11.3 Å². The van der Waals surface area contributed by atoms with Gasteiger partial charge in [-0.1, -0.05) is 30.3 Å². The first-order valence-corrected chi connectivity index (χ1v) is 8.62. The van der Waals surface area contributed by atoms with E-state index in [2.05, 4.69) is 10.2 Å². The molecule has 4 rings (SSSR count). The molecule has 1 amide bonds. The zero-order valence-electron chi connectivity index (χ0n) is 13.9. The molecule has 1 fully saturated rings. The summed E-state index contributed by atoms with van der Waals surface area (Å²) in [5.74, 6) is 0.395. The van der Waals surface area contributed by atoms with Crippen molar-refractivity contribution in [3.63, 3.8) is 0 Å². The Balaban J connectivity index is 1.48. The van der Waals surface area contributed by atoms with Crippen molar-refractivity contribution in [1.29, 1.82) is 0 Å². The lowest BCUT2D eigenvalue weighted by Gasteiger charge is -2.29. The van der Waals surface area contributed by atoms with E-state index < -0.39 is 6.04 Å². The lowest BCUT2D eigenvalue weighted by molar-refractivity contribution is -0.122. The van der Waals surface area contributed by atoms with Gasteiger partial charge in [0.05, 0.1) is 5.56 Å². The topological polar surface area (TPSA) is 58.6 Å². The highest BCUT2D eigenvalue weighted by molar-refractivity contribution is 6.05. The number of benzene rings is 2. The van der Waals surface area contributed by atoms with Gasteiger partial charge in [-0.3, -0.25) is 9.59 Å². The molecule has 128 valence electrons. The maximum Gasteiger partial charge on any atom is 0.243 e. The molecule has 0 aliphatic carbocycles. The van der Waals surface area contributed by atoms with Gasteiger partial charge in [0.25, 0.3) is 0 Å². The summed E-state index contributed by atoms with van der Waals surface area (Å²) >= 11 is 0. The molecule has 0 saturated carbocycles. The number of amides is 1. The summed E-state index contributed by atoms with van der Waals surface area (Å²) in [6, 6.07) is 16.2. The highest BCUT2D eigenvalue weighted by Crippen LogP contribution is 2.27. The van der Waals surface area contributed by atoms with E-state index in [0.717, 1.165) is 25.1 Å². The van der Waals surface area contributed by atoms with Crippen molar-refractivity contribution in [2.75, 3.05) is 18.1 Å². The van der Waals surface area contributed by atoms with Gasteiger partial charge in [0.15, 0.2) is 5.78 Å². The van der Waals surface area contributed by atoms with Gasteiger partial charge >= 0.3 is 0 Å². The van der Waals surface area contributed by atoms with Crippen LogP contribution in [0.2, 0.25) is 0 Å². The fourth-order valence-electron chi connectivity index (χ4n) is 3.58.